The average Bonchev–Trinajstić information content (AvgIpc) is 1.89. The van der Waals surface area contributed by atoms with Crippen LogP contribution in [0.5, 0.6) is 0 Å². The number of terminal acetylenes is 1. The van der Waals surface area contributed by atoms with Gasteiger partial charge in [0.2, 0.25) is 5.91 Å². The summed E-state index contributed by atoms with van der Waals surface area (Å²) in [5, 5.41) is 0. The van der Waals surface area contributed by atoms with Gasteiger partial charge in [-0.05, 0) is 0 Å². The summed E-state index contributed by atoms with van der Waals surface area (Å²) in [5.74, 6) is 7.15. The van der Waals surface area contributed by atoms with Gasteiger partial charge in [-0.2, -0.15) is 0 Å². The maximum Gasteiger partial charge on any atom is 0.238 e. The van der Waals surface area contributed by atoms with E-state index in [0.717, 1.165) is 0 Å². The van der Waals surface area contributed by atoms with Gasteiger partial charge in [-0.1, -0.05) is 5.92 Å². The third-order valence-corrected chi connectivity index (χ3v) is 1.01. The van der Waals surface area contributed by atoms with E-state index in [-0.39, 0.29) is 12.5 Å². The van der Waals surface area contributed by atoms with Crippen molar-refractivity contribution >= 4 is 5.91 Å². The Labute approximate surface area is 60.3 Å². The lowest BCUT2D eigenvalue weighted by molar-refractivity contribution is -0.128. The molecular weight excluding hydrogens is 130 g/mol. The van der Waals surface area contributed by atoms with Gasteiger partial charge >= 0.3 is 0 Å². The largest absolute Gasteiger partial charge is 0.333 e. The van der Waals surface area contributed by atoms with E-state index in [9.17, 15) is 4.79 Å². The minimum Gasteiger partial charge on any atom is -0.333 e. The second kappa shape index (κ2) is 4.79. The minimum absolute atomic E-state index is 0.111. The number of nitrogens with two attached hydrogens (primary N) is 1. The molecule has 4 nitrogen and oxygen atoms in total. The molecule has 0 aliphatic carbocycles. The van der Waals surface area contributed by atoms with Crippen molar-refractivity contribution in [1.82, 2.24) is 10.3 Å². The first-order valence-corrected chi connectivity index (χ1v) is 2.83. The van der Waals surface area contributed by atoms with Crippen molar-refractivity contribution in [2.45, 2.75) is 0 Å². The van der Waals surface area contributed by atoms with Crippen LogP contribution in [-0.2, 0) is 4.79 Å². The molecule has 0 rings (SSSR count). The fourth-order valence-electron chi connectivity index (χ4n) is 0.447. The maximum absolute atomic E-state index is 10.8. The average molecular weight is 141 g/mol. The summed E-state index contributed by atoms with van der Waals surface area (Å²) in [7, 11) is 1.62. The van der Waals surface area contributed by atoms with Gasteiger partial charge in [0, 0.05) is 7.05 Å². The zero-order valence-electron chi connectivity index (χ0n) is 5.92. The Balaban J connectivity index is 3.62. The van der Waals surface area contributed by atoms with E-state index in [2.05, 4.69) is 11.3 Å². The summed E-state index contributed by atoms with van der Waals surface area (Å²) in [6.45, 7) is 0.443. The van der Waals surface area contributed by atoms with Gasteiger partial charge in [0.25, 0.3) is 0 Å². The highest BCUT2D eigenvalue weighted by molar-refractivity contribution is 5.78. The molecule has 3 N–H and O–H groups in total. The summed E-state index contributed by atoms with van der Waals surface area (Å²) in [6, 6.07) is 0. The second-order valence-electron chi connectivity index (χ2n) is 1.83. The molecule has 0 radical (unpaired) electrons. The summed E-state index contributed by atoms with van der Waals surface area (Å²) < 4.78 is 0. The van der Waals surface area contributed by atoms with Crippen molar-refractivity contribution in [2.24, 2.45) is 5.84 Å². The quantitative estimate of drug-likeness (QED) is 0.287. The number of carbonyl (C=O) groups is 1. The molecule has 0 aromatic carbocycles. The van der Waals surface area contributed by atoms with Crippen molar-refractivity contribution < 1.29 is 4.79 Å². The lowest BCUT2D eigenvalue weighted by Crippen LogP contribution is -2.38. The summed E-state index contributed by atoms with van der Waals surface area (Å²) >= 11 is 0. The zero-order chi connectivity index (χ0) is 7.98. The number of hydrogen-bond donors (Lipinski definition) is 2. The number of nitrogens with zero attached hydrogens (tertiary/aromatic N) is 1. The highest BCUT2D eigenvalue weighted by atomic mass is 16.2. The van der Waals surface area contributed by atoms with Crippen molar-refractivity contribution in [1.29, 1.82) is 0 Å². The minimum atomic E-state index is -0.111. The summed E-state index contributed by atoms with van der Waals surface area (Å²) in [5.41, 5.74) is 2.25. The first kappa shape index (κ1) is 8.95. The Bertz CT molecular complexity index is 150. The Hall–Kier alpha value is -1.05. The van der Waals surface area contributed by atoms with Gasteiger partial charge in [0.1, 0.15) is 0 Å². The molecule has 1 amide bonds. The fraction of sp³-hybridized carbons (Fsp3) is 0.500. The predicted octanol–water partition coefficient (Wildman–Crippen LogP) is -1.46. The Kier molecular flexibility index (Phi) is 4.29. The molecule has 0 aromatic heterocycles. The van der Waals surface area contributed by atoms with Crippen LogP contribution >= 0.6 is 0 Å². The van der Waals surface area contributed by atoms with Crippen LogP contribution in [0.25, 0.3) is 0 Å². The van der Waals surface area contributed by atoms with Gasteiger partial charge in [0.05, 0.1) is 13.1 Å². The van der Waals surface area contributed by atoms with Gasteiger partial charge in [-0.15, -0.1) is 6.42 Å². The molecule has 0 bridgehead atoms. The van der Waals surface area contributed by atoms with Crippen molar-refractivity contribution in [3.63, 3.8) is 0 Å². The number of hydrazine groups is 1. The molecule has 56 valence electrons. The number of rotatable bonds is 3. The molecule has 4 heteroatoms. The third kappa shape index (κ3) is 3.07. The number of nitrogens with one attached hydrogen (secondary N) is 1. The number of carbonyl (C=O) groups excluding carboxylic acids is 1. The van der Waals surface area contributed by atoms with E-state index >= 15 is 0 Å². The van der Waals surface area contributed by atoms with Gasteiger partial charge in [-0.3, -0.25) is 16.1 Å². The molecule has 0 spiro atoms. The van der Waals surface area contributed by atoms with Crippen LogP contribution in [0.1, 0.15) is 0 Å². The van der Waals surface area contributed by atoms with Crippen LogP contribution in [0.3, 0.4) is 0 Å². The van der Waals surface area contributed by atoms with Crippen molar-refractivity contribution in [3.8, 4) is 12.3 Å². The van der Waals surface area contributed by atoms with Crippen LogP contribution in [0, 0.1) is 12.3 Å². The molecule has 0 saturated carbocycles. The molecule has 0 heterocycles. The first-order chi connectivity index (χ1) is 4.72. The van der Waals surface area contributed by atoms with Crippen LogP contribution in [0.15, 0.2) is 0 Å². The molecule has 0 aliphatic heterocycles. The molecule has 10 heavy (non-hydrogen) atoms. The van der Waals surface area contributed by atoms with E-state index in [1.54, 1.807) is 7.05 Å². The van der Waals surface area contributed by atoms with Crippen molar-refractivity contribution in [2.75, 3.05) is 20.1 Å². The monoisotopic (exact) mass is 141 g/mol. The van der Waals surface area contributed by atoms with Gasteiger partial charge < -0.3 is 4.90 Å². The molecule has 0 saturated heterocycles. The van der Waals surface area contributed by atoms with Crippen LogP contribution in [0.4, 0.5) is 0 Å². The molecule has 0 aromatic rings. The summed E-state index contributed by atoms with van der Waals surface area (Å²) in [4.78, 5) is 12.2. The fourth-order valence-corrected chi connectivity index (χ4v) is 0.447. The van der Waals surface area contributed by atoms with Crippen LogP contribution in [-0.4, -0.2) is 30.9 Å². The van der Waals surface area contributed by atoms with E-state index in [1.807, 2.05) is 0 Å². The van der Waals surface area contributed by atoms with E-state index < -0.39 is 0 Å². The smallest absolute Gasteiger partial charge is 0.238 e. The third-order valence-electron chi connectivity index (χ3n) is 1.01. The van der Waals surface area contributed by atoms with Crippen LogP contribution in [0.2, 0.25) is 0 Å². The van der Waals surface area contributed by atoms with Gasteiger partial charge in [-0.25, -0.2) is 0 Å². The Morgan fingerprint density at radius 1 is 1.90 bits per heavy atom. The van der Waals surface area contributed by atoms with E-state index in [0.29, 0.717) is 6.54 Å². The molecule has 0 unspecified atom stereocenters. The first-order valence-electron chi connectivity index (χ1n) is 2.83. The molecule has 0 fully saturated rings. The van der Waals surface area contributed by atoms with E-state index in [4.69, 9.17) is 12.3 Å². The normalized spacial score (nSPS) is 8.50. The number of hydrogen-bond acceptors (Lipinski definition) is 3. The van der Waals surface area contributed by atoms with Gasteiger partial charge in [0.15, 0.2) is 0 Å². The SMILES string of the molecule is C#CCN(C)C(=O)CNN. The number of amides is 1. The summed E-state index contributed by atoms with van der Waals surface area (Å²) in [6.07, 6.45) is 4.97. The highest BCUT2D eigenvalue weighted by Gasteiger charge is 2.03. The van der Waals surface area contributed by atoms with Crippen molar-refractivity contribution in [3.05, 3.63) is 0 Å². The molecule has 0 aliphatic rings. The second-order valence-corrected chi connectivity index (χ2v) is 1.83. The van der Waals surface area contributed by atoms with Crippen LogP contribution < -0.4 is 11.3 Å². The number of likely N-dealkylation sites (N-methyl/N-ethyl adjacent to an activating group) is 1. The lowest BCUT2D eigenvalue weighted by Gasteiger charge is -2.12. The van der Waals surface area contributed by atoms with E-state index in [1.165, 1.54) is 4.90 Å². The lowest BCUT2D eigenvalue weighted by atomic mass is 10.5. The molecule has 0 atom stereocenters. The maximum atomic E-state index is 10.8. The zero-order valence-corrected chi connectivity index (χ0v) is 5.92. The Morgan fingerprint density at radius 2 is 2.50 bits per heavy atom. The predicted molar refractivity (Wildman–Crippen MR) is 38.7 cm³/mol. The topological polar surface area (TPSA) is 58.4 Å². The molecular formula is C6H11N3O. The Morgan fingerprint density at radius 3 is 2.90 bits per heavy atom. The standard InChI is InChI=1S/C6H11N3O/c1-3-4-9(2)6(10)5-8-7/h1,8H,4-5,7H2,2H3. The highest BCUT2D eigenvalue weighted by Crippen LogP contribution is 1.79.